The molecule has 0 radical (unpaired) electrons. The molecule has 4 rings (SSSR count). The lowest BCUT2D eigenvalue weighted by atomic mass is 10.1. The van der Waals surface area contributed by atoms with Crippen molar-refractivity contribution in [1.29, 1.82) is 0 Å². The zero-order chi connectivity index (χ0) is 24.6. The molecule has 2 amide bonds. The Kier molecular flexibility index (Phi) is 8.54. The van der Waals surface area contributed by atoms with Crippen molar-refractivity contribution in [3.05, 3.63) is 76.3 Å². The standard InChI is InChI=1S/C26H27N3O4S2/c1-17-15-34-26(27-17)35-16-18-8-2-5-11-20(18)25(32)33-14-23(30)29-22-13-7-6-12-21(22)24(31)28-19-9-3-4-10-19/h2,5-8,11-13,15,19H,3-4,9-10,14,16H2,1H3,(H,28,31)(H,29,30). The molecule has 0 aliphatic heterocycles. The second-order valence-electron chi connectivity index (χ2n) is 8.33. The zero-order valence-corrected chi connectivity index (χ0v) is 21.0. The van der Waals surface area contributed by atoms with Crippen molar-refractivity contribution in [1.82, 2.24) is 10.3 Å². The van der Waals surface area contributed by atoms with E-state index < -0.39 is 18.5 Å². The maximum atomic E-state index is 12.7. The number of rotatable bonds is 9. The number of hydrogen-bond donors (Lipinski definition) is 2. The van der Waals surface area contributed by atoms with Crippen LogP contribution in [0.1, 0.15) is 57.7 Å². The lowest BCUT2D eigenvalue weighted by Gasteiger charge is -2.15. The largest absolute Gasteiger partial charge is 0.452 e. The van der Waals surface area contributed by atoms with Crippen LogP contribution in [0.4, 0.5) is 5.69 Å². The molecule has 3 aromatic rings. The third-order valence-corrected chi connectivity index (χ3v) is 7.84. The van der Waals surface area contributed by atoms with Crippen molar-refractivity contribution in [3.63, 3.8) is 0 Å². The van der Waals surface area contributed by atoms with Crippen LogP contribution in [-0.2, 0) is 15.3 Å². The Morgan fingerprint density at radius 2 is 1.77 bits per heavy atom. The summed E-state index contributed by atoms with van der Waals surface area (Å²) in [7, 11) is 0. The number of benzene rings is 2. The van der Waals surface area contributed by atoms with Gasteiger partial charge in [0.2, 0.25) is 0 Å². The van der Waals surface area contributed by atoms with E-state index in [1.165, 1.54) is 0 Å². The molecule has 1 aliphatic carbocycles. The number of nitrogens with zero attached hydrogens (tertiary/aromatic N) is 1. The molecule has 1 heterocycles. The van der Waals surface area contributed by atoms with Gasteiger partial charge in [0.25, 0.3) is 11.8 Å². The Morgan fingerprint density at radius 3 is 2.51 bits per heavy atom. The monoisotopic (exact) mass is 509 g/mol. The van der Waals surface area contributed by atoms with E-state index in [4.69, 9.17) is 4.74 Å². The molecule has 0 atom stereocenters. The first-order valence-electron chi connectivity index (χ1n) is 11.5. The van der Waals surface area contributed by atoms with E-state index in [0.717, 1.165) is 41.3 Å². The van der Waals surface area contributed by atoms with Gasteiger partial charge in [-0.2, -0.15) is 0 Å². The van der Waals surface area contributed by atoms with Gasteiger partial charge < -0.3 is 15.4 Å². The van der Waals surface area contributed by atoms with Gasteiger partial charge >= 0.3 is 5.97 Å². The zero-order valence-electron chi connectivity index (χ0n) is 19.4. The molecule has 1 fully saturated rings. The SMILES string of the molecule is Cc1csc(SCc2ccccc2C(=O)OCC(=O)Nc2ccccc2C(=O)NC2CCCC2)n1. The summed E-state index contributed by atoms with van der Waals surface area (Å²) < 4.78 is 6.22. The normalized spacial score (nSPS) is 13.4. The second-order valence-corrected chi connectivity index (χ2v) is 10.4. The lowest BCUT2D eigenvalue weighted by Crippen LogP contribution is -2.33. The van der Waals surface area contributed by atoms with Crippen LogP contribution in [0.2, 0.25) is 0 Å². The van der Waals surface area contributed by atoms with Crippen molar-refractivity contribution in [2.75, 3.05) is 11.9 Å². The topological polar surface area (TPSA) is 97.4 Å². The summed E-state index contributed by atoms with van der Waals surface area (Å²) in [6, 6.07) is 14.2. The van der Waals surface area contributed by atoms with Gasteiger partial charge in [-0.1, -0.05) is 54.9 Å². The van der Waals surface area contributed by atoms with Crippen molar-refractivity contribution >= 4 is 46.6 Å². The number of esters is 1. The second kappa shape index (κ2) is 12.0. The molecule has 182 valence electrons. The highest BCUT2D eigenvalue weighted by Crippen LogP contribution is 2.27. The number of para-hydroxylation sites is 1. The quantitative estimate of drug-likeness (QED) is 0.304. The molecular formula is C26H27N3O4S2. The summed E-state index contributed by atoms with van der Waals surface area (Å²) in [6.45, 7) is 1.49. The highest BCUT2D eigenvalue weighted by atomic mass is 32.2. The van der Waals surface area contributed by atoms with E-state index >= 15 is 0 Å². The van der Waals surface area contributed by atoms with Crippen molar-refractivity contribution in [2.24, 2.45) is 0 Å². The Hall–Kier alpha value is -3.17. The first-order valence-corrected chi connectivity index (χ1v) is 13.4. The lowest BCUT2D eigenvalue weighted by molar-refractivity contribution is -0.119. The summed E-state index contributed by atoms with van der Waals surface area (Å²) in [6.07, 6.45) is 4.17. The third kappa shape index (κ3) is 6.93. The molecule has 35 heavy (non-hydrogen) atoms. The van der Waals surface area contributed by atoms with E-state index in [1.807, 2.05) is 24.4 Å². The number of ether oxygens (including phenoxy) is 1. The summed E-state index contributed by atoms with van der Waals surface area (Å²) in [5, 5.41) is 7.71. The number of anilines is 1. The molecular weight excluding hydrogens is 482 g/mol. The van der Waals surface area contributed by atoms with Crippen LogP contribution in [0.15, 0.2) is 58.3 Å². The molecule has 9 heteroatoms. The predicted molar refractivity (Wildman–Crippen MR) is 138 cm³/mol. The Balaban J connectivity index is 1.33. The minimum Gasteiger partial charge on any atom is -0.452 e. The number of hydrogen-bond acceptors (Lipinski definition) is 7. The minimum absolute atomic E-state index is 0.171. The summed E-state index contributed by atoms with van der Waals surface area (Å²) in [5.41, 5.74) is 2.97. The predicted octanol–water partition coefficient (Wildman–Crippen LogP) is 5.21. The number of aromatic nitrogens is 1. The number of thioether (sulfide) groups is 1. The first kappa shape index (κ1) is 24.9. The molecule has 2 aromatic carbocycles. The Labute approximate surface area is 212 Å². The van der Waals surface area contributed by atoms with Gasteiger partial charge in [-0.05, 0) is 43.5 Å². The smallest absolute Gasteiger partial charge is 0.338 e. The average Bonchev–Trinajstić information content (AvgIpc) is 3.53. The maximum absolute atomic E-state index is 12.7. The molecule has 0 saturated heterocycles. The molecule has 0 unspecified atom stereocenters. The highest BCUT2D eigenvalue weighted by molar-refractivity contribution is 8.00. The van der Waals surface area contributed by atoms with E-state index in [-0.39, 0.29) is 11.9 Å². The number of aryl methyl sites for hydroxylation is 1. The molecule has 1 aliphatic rings. The minimum atomic E-state index is -0.570. The third-order valence-electron chi connectivity index (χ3n) is 5.66. The van der Waals surface area contributed by atoms with E-state index in [1.54, 1.807) is 59.5 Å². The number of amides is 2. The summed E-state index contributed by atoms with van der Waals surface area (Å²) >= 11 is 3.11. The fourth-order valence-corrected chi connectivity index (χ4v) is 5.76. The van der Waals surface area contributed by atoms with Crippen molar-refractivity contribution < 1.29 is 19.1 Å². The number of carbonyl (C=O) groups is 3. The van der Waals surface area contributed by atoms with Crippen LogP contribution in [0, 0.1) is 6.92 Å². The van der Waals surface area contributed by atoms with Gasteiger partial charge in [-0.25, -0.2) is 9.78 Å². The highest BCUT2D eigenvalue weighted by Gasteiger charge is 2.21. The van der Waals surface area contributed by atoms with Gasteiger partial charge in [-0.15, -0.1) is 11.3 Å². The average molecular weight is 510 g/mol. The summed E-state index contributed by atoms with van der Waals surface area (Å²) in [5.74, 6) is -0.733. The van der Waals surface area contributed by atoms with Crippen LogP contribution in [-0.4, -0.2) is 35.4 Å². The maximum Gasteiger partial charge on any atom is 0.338 e. The van der Waals surface area contributed by atoms with Gasteiger partial charge in [0.15, 0.2) is 6.61 Å². The van der Waals surface area contributed by atoms with Gasteiger partial charge in [0.1, 0.15) is 4.34 Å². The molecule has 2 N–H and O–H groups in total. The van der Waals surface area contributed by atoms with Crippen LogP contribution in [0.5, 0.6) is 0 Å². The van der Waals surface area contributed by atoms with E-state index in [9.17, 15) is 14.4 Å². The van der Waals surface area contributed by atoms with Gasteiger partial charge in [0.05, 0.1) is 16.8 Å². The van der Waals surface area contributed by atoms with Crippen molar-refractivity contribution in [2.45, 2.75) is 48.7 Å². The Bertz CT molecular complexity index is 1200. The number of thiazole rings is 1. The van der Waals surface area contributed by atoms with Crippen molar-refractivity contribution in [3.8, 4) is 0 Å². The van der Waals surface area contributed by atoms with E-state index in [0.29, 0.717) is 22.6 Å². The van der Waals surface area contributed by atoms with Crippen LogP contribution < -0.4 is 10.6 Å². The molecule has 1 aromatic heterocycles. The number of carbonyl (C=O) groups excluding carboxylic acids is 3. The summed E-state index contributed by atoms with van der Waals surface area (Å²) in [4.78, 5) is 42.4. The molecule has 7 nitrogen and oxygen atoms in total. The van der Waals surface area contributed by atoms with Crippen LogP contribution in [0.25, 0.3) is 0 Å². The van der Waals surface area contributed by atoms with Gasteiger partial charge in [0, 0.05) is 22.9 Å². The molecule has 0 spiro atoms. The van der Waals surface area contributed by atoms with Crippen LogP contribution >= 0.6 is 23.1 Å². The molecule has 1 saturated carbocycles. The fraction of sp³-hybridized carbons (Fsp3) is 0.308. The van der Waals surface area contributed by atoms with E-state index in [2.05, 4.69) is 15.6 Å². The number of nitrogens with one attached hydrogen (secondary N) is 2. The first-order chi connectivity index (χ1) is 17.0. The van der Waals surface area contributed by atoms with Crippen LogP contribution in [0.3, 0.4) is 0 Å². The van der Waals surface area contributed by atoms with Gasteiger partial charge in [-0.3, -0.25) is 9.59 Å². The fourth-order valence-electron chi connectivity index (χ4n) is 3.90. The Morgan fingerprint density at radius 1 is 1.06 bits per heavy atom. The molecule has 0 bridgehead atoms.